The summed E-state index contributed by atoms with van der Waals surface area (Å²) in [5, 5.41) is 29.1. The molecule has 1 aromatic carbocycles. The van der Waals surface area contributed by atoms with E-state index in [0.29, 0.717) is 12.4 Å². The van der Waals surface area contributed by atoms with E-state index in [9.17, 15) is 15.3 Å². The molecule has 1 aliphatic rings. The molecule has 1 aromatic rings. The van der Waals surface area contributed by atoms with E-state index in [1.807, 2.05) is 6.92 Å². The lowest BCUT2D eigenvalue weighted by Crippen LogP contribution is -2.44. The second-order valence-corrected chi connectivity index (χ2v) is 5.22. The maximum atomic E-state index is 10.1. The summed E-state index contributed by atoms with van der Waals surface area (Å²) in [6.45, 7) is 2.13. The van der Waals surface area contributed by atoms with E-state index in [1.54, 1.807) is 24.3 Å². The number of ether oxygens (including phenoxy) is 2. The van der Waals surface area contributed by atoms with E-state index >= 15 is 0 Å². The molecule has 1 heterocycles. The van der Waals surface area contributed by atoms with Gasteiger partial charge in [-0.3, -0.25) is 0 Å². The fraction of sp³-hybridized carbons (Fsp3) is 0.529. The van der Waals surface area contributed by atoms with Crippen molar-refractivity contribution in [2.45, 2.75) is 44.2 Å². The summed E-state index contributed by atoms with van der Waals surface area (Å²) < 4.78 is 11.1. The quantitative estimate of drug-likeness (QED) is 0.724. The summed E-state index contributed by atoms with van der Waals surface area (Å²) in [4.78, 5) is 0. The maximum Gasteiger partial charge on any atom is 0.149 e. The zero-order valence-corrected chi connectivity index (χ0v) is 12.6. The van der Waals surface area contributed by atoms with Gasteiger partial charge in [0.15, 0.2) is 0 Å². The molecule has 1 aliphatic heterocycles. The maximum absolute atomic E-state index is 10.1. The van der Waals surface area contributed by atoms with Crippen LogP contribution in [0.3, 0.4) is 0 Å². The molecule has 4 unspecified atom stereocenters. The molecule has 0 spiro atoms. The topological polar surface area (TPSA) is 79.2 Å². The first kappa shape index (κ1) is 16.8. The Labute approximate surface area is 130 Å². The Hall–Kier alpha value is -1.58. The van der Waals surface area contributed by atoms with Crippen LogP contribution in [0.5, 0.6) is 5.75 Å². The van der Waals surface area contributed by atoms with Crippen LogP contribution in [0, 0.1) is 11.8 Å². The normalized spacial score (nSPS) is 27.8. The first-order valence-corrected chi connectivity index (χ1v) is 7.46. The van der Waals surface area contributed by atoms with Gasteiger partial charge < -0.3 is 24.8 Å². The number of benzene rings is 1. The largest absolute Gasteiger partial charge is 0.481 e. The van der Waals surface area contributed by atoms with Gasteiger partial charge in [0.25, 0.3) is 0 Å². The van der Waals surface area contributed by atoms with Crippen molar-refractivity contribution in [2.75, 3.05) is 13.2 Å². The lowest BCUT2D eigenvalue weighted by molar-refractivity contribution is -0.179. The smallest absolute Gasteiger partial charge is 0.149 e. The van der Waals surface area contributed by atoms with Crippen molar-refractivity contribution in [3.63, 3.8) is 0 Å². The van der Waals surface area contributed by atoms with Gasteiger partial charge in [-0.2, -0.15) is 0 Å². The first-order valence-electron chi connectivity index (χ1n) is 7.46. The average Bonchev–Trinajstić information content (AvgIpc) is 2.55. The molecule has 2 rings (SSSR count). The van der Waals surface area contributed by atoms with E-state index in [0.717, 1.165) is 12.0 Å². The predicted molar refractivity (Wildman–Crippen MR) is 81.3 cm³/mol. The Morgan fingerprint density at radius 2 is 1.95 bits per heavy atom. The van der Waals surface area contributed by atoms with Crippen molar-refractivity contribution in [3.05, 3.63) is 29.8 Å². The molecule has 0 bridgehead atoms. The highest BCUT2D eigenvalue weighted by molar-refractivity contribution is 5.30. The van der Waals surface area contributed by atoms with E-state index < -0.39 is 24.4 Å². The Morgan fingerprint density at radius 1 is 1.23 bits per heavy atom. The minimum atomic E-state index is -1.01. The molecule has 0 aliphatic carbocycles. The van der Waals surface area contributed by atoms with Gasteiger partial charge in [-0.25, -0.2) is 0 Å². The molecule has 0 amide bonds. The van der Waals surface area contributed by atoms with Gasteiger partial charge in [0.1, 0.15) is 24.6 Å². The minimum Gasteiger partial charge on any atom is -0.481 e. The van der Waals surface area contributed by atoms with E-state index in [4.69, 9.17) is 9.47 Å². The van der Waals surface area contributed by atoms with E-state index in [-0.39, 0.29) is 13.0 Å². The summed E-state index contributed by atoms with van der Waals surface area (Å²) in [6.07, 6.45) is -2.02. The van der Waals surface area contributed by atoms with Gasteiger partial charge in [-0.15, -0.1) is 5.92 Å². The number of rotatable bonds is 4. The van der Waals surface area contributed by atoms with Crippen LogP contribution in [0.2, 0.25) is 0 Å². The van der Waals surface area contributed by atoms with Gasteiger partial charge in [-0.05, 0) is 17.7 Å². The molecular weight excluding hydrogens is 284 g/mol. The second kappa shape index (κ2) is 8.16. The summed E-state index contributed by atoms with van der Waals surface area (Å²) >= 11 is 0. The summed E-state index contributed by atoms with van der Waals surface area (Å²) in [5.74, 6) is 6.49. The molecule has 1 fully saturated rings. The van der Waals surface area contributed by atoms with Crippen molar-refractivity contribution in [1.82, 2.24) is 0 Å². The standard InChI is InChI=1S/C17H22O5/c1-2-3-4-9-21-13-7-5-12(6-8-13)17-16(20)15(19)10-14(11-18)22-17/h5-8,14-20H,2,9-11H2,1H3. The van der Waals surface area contributed by atoms with Gasteiger partial charge in [-0.1, -0.05) is 25.0 Å². The van der Waals surface area contributed by atoms with Crippen LogP contribution >= 0.6 is 0 Å². The molecule has 1 saturated heterocycles. The van der Waals surface area contributed by atoms with Crippen LogP contribution in [-0.4, -0.2) is 46.8 Å². The number of hydrogen-bond acceptors (Lipinski definition) is 5. The lowest BCUT2D eigenvalue weighted by atomic mass is 9.93. The summed E-state index contributed by atoms with van der Waals surface area (Å²) in [5.41, 5.74) is 0.733. The zero-order valence-electron chi connectivity index (χ0n) is 12.6. The van der Waals surface area contributed by atoms with Crippen LogP contribution in [0.15, 0.2) is 24.3 Å². The Morgan fingerprint density at radius 3 is 2.59 bits per heavy atom. The Kier molecular flexibility index (Phi) is 6.22. The van der Waals surface area contributed by atoms with Gasteiger partial charge in [0.2, 0.25) is 0 Å². The molecule has 3 N–H and O–H groups in total. The predicted octanol–water partition coefficient (Wildman–Crippen LogP) is 1.02. The monoisotopic (exact) mass is 306 g/mol. The van der Waals surface area contributed by atoms with Crippen LogP contribution in [0.4, 0.5) is 0 Å². The van der Waals surface area contributed by atoms with E-state index in [1.165, 1.54) is 0 Å². The minimum absolute atomic E-state index is 0.183. The fourth-order valence-corrected chi connectivity index (χ4v) is 2.40. The highest BCUT2D eigenvalue weighted by atomic mass is 16.5. The zero-order chi connectivity index (χ0) is 15.9. The summed E-state index contributed by atoms with van der Waals surface area (Å²) in [7, 11) is 0. The molecule has 0 radical (unpaired) electrons. The third kappa shape index (κ3) is 4.21. The first-order chi connectivity index (χ1) is 10.7. The SMILES string of the molecule is CCC#CCOc1ccc(C2OC(CO)CC(O)C2O)cc1. The number of hydrogen-bond donors (Lipinski definition) is 3. The molecule has 5 nitrogen and oxygen atoms in total. The Bertz CT molecular complexity index is 516. The number of aliphatic hydroxyl groups is 3. The highest BCUT2D eigenvalue weighted by Crippen LogP contribution is 2.32. The van der Waals surface area contributed by atoms with Crippen LogP contribution < -0.4 is 4.74 Å². The van der Waals surface area contributed by atoms with Crippen molar-refractivity contribution >= 4 is 0 Å². The van der Waals surface area contributed by atoms with Crippen LogP contribution in [0.25, 0.3) is 0 Å². The molecule has 22 heavy (non-hydrogen) atoms. The highest BCUT2D eigenvalue weighted by Gasteiger charge is 2.37. The van der Waals surface area contributed by atoms with Crippen LogP contribution in [-0.2, 0) is 4.74 Å². The van der Waals surface area contributed by atoms with Crippen molar-refractivity contribution < 1.29 is 24.8 Å². The second-order valence-electron chi connectivity index (χ2n) is 5.22. The van der Waals surface area contributed by atoms with Crippen molar-refractivity contribution in [3.8, 4) is 17.6 Å². The molecule has 120 valence electrons. The third-order valence-electron chi connectivity index (χ3n) is 3.57. The average molecular weight is 306 g/mol. The molecule has 0 saturated carbocycles. The third-order valence-corrected chi connectivity index (χ3v) is 3.57. The van der Waals surface area contributed by atoms with Crippen molar-refractivity contribution in [1.29, 1.82) is 0 Å². The number of aliphatic hydroxyl groups excluding tert-OH is 3. The van der Waals surface area contributed by atoms with Crippen molar-refractivity contribution in [2.24, 2.45) is 0 Å². The molecule has 4 atom stereocenters. The van der Waals surface area contributed by atoms with Gasteiger partial charge in [0, 0.05) is 12.8 Å². The molecular formula is C17H22O5. The fourth-order valence-electron chi connectivity index (χ4n) is 2.40. The lowest BCUT2D eigenvalue weighted by Gasteiger charge is -2.36. The van der Waals surface area contributed by atoms with E-state index in [2.05, 4.69) is 11.8 Å². The van der Waals surface area contributed by atoms with Gasteiger partial charge in [0.05, 0.1) is 18.8 Å². The van der Waals surface area contributed by atoms with Gasteiger partial charge >= 0.3 is 0 Å². The Balaban J connectivity index is 2.02. The molecule has 5 heteroatoms. The van der Waals surface area contributed by atoms with Crippen LogP contribution in [0.1, 0.15) is 31.4 Å². The summed E-state index contributed by atoms with van der Waals surface area (Å²) in [6, 6.07) is 7.11. The molecule has 0 aromatic heterocycles.